The summed E-state index contributed by atoms with van der Waals surface area (Å²) in [5, 5.41) is 10.3. The molecular weight excluding hydrogens is 405 g/mol. The Morgan fingerprint density at radius 2 is 1.67 bits per heavy atom. The molecule has 1 atom stereocenters. The zero-order chi connectivity index (χ0) is 19.6. The molecule has 27 heavy (non-hydrogen) atoms. The van der Waals surface area contributed by atoms with Gasteiger partial charge in [0.25, 0.3) is 0 Å². The van der Waals surface area contributed by atoms with Gasteiger partial charge in [-0.3, -0.25) is 0 Å². The first kappa shape index (κ1) is 20.0. The van der Waals surface area contributed by atoms with Gasteiger partial charge in [-0.15, -0.1) is 5.10 Å². The number of benzene rings is 2. The largest absolute Gasteiger partial charge is 0.484 e. The second-order valence-electron chi connectivity index (χ2n) is 7.30. The number of nitrogens with zero attached hydrogens (tertiary/aromatic N) is 3. The quantitative estimate of drug-likeness (QED) is 0.478. The minimum atomic E-state index is -0.370. The minimum absolute atomic E-state index is 0.0807. The van der Waals surface area contributed by atoms with Gasteiger partial charge in [0.05, 0.1) is 12.2 Å². The van der Waals surface area contributed by atoms with Crippen LogP contribution in [0.1, 0.15) is 38.1 Å². The highest BCUT2D eigenvalue weighted by Gasteiger charge is 2.22. The third kappa shape index (κ3) is 5.16. The predicted molar refractivity (Wildman–Crippen MR) is 110 cm³/mol. The Balaban J connectivity index is 1.91. The van der Waals surface area contributed by atoms with E-state index in [1.54, 1.807) is 28.9 Å². The predicted octanol–water partition coefficient (Wildman–Crippen LogP) is 6.36. The van der Waals surface area contributed by atoms with E-state index in [4.69, 9.17) is 39.5 Å². The Bertz CT molecular complexity index is 917. The van der Waals surface area contributed by atoms with Crippen molar-refractivity contribution in [3.8, 4) is 5.75 Å². The maximum absolute atomic E-state index is 6.43. The van der Waals surface area contributed by atoms with Crippen LogP contribution in [0.2, 0.25) is 15.1 Å². The van der Waals surface area contributed by atoms with E-state index in [1.165, 1.54) is 0 Å². The van der Waals surface area contributed by atoms with Gasteiger partial charge in [0.1, 0.15) is 11.9 Å². The van der Waals surface area contributed by atoms with Crippen molar-refractivity contribution in [1.29, 1.82) is 0 Å². The van der Waals surface area contributed by atoms with Gasteiger partial charge in [-0.05, 0) is 36.4 Å². The number of hydrogen-bond donors (Lipinski definition) is 0. The fourth-order valence-electron chi connectivity index (χ4n) is 2.54. The van der Waals surface area contributed by atoms with E-state index in [0.717, 1.165) is 11.3 Å². The van der Waals surface area contributed by atoms with E-state index in [0.29, 0.717) is 27.4 Å². The Kier molecular flexibility index (Phi) is 5.99. The molecule has 0 amide bonds. The maximum Gasteiger partial charge on any atom is 0.145 e. The van der Waals surface area contributed by atoms with Crippen LogP contribution in [-0.2, 0) is 12.0 Å². The number of halogens is 3. The first-order valence-corrected chi connectivity index (χ1v) is 9.63. The van der Waals surface area contributed by atoms with E-state index in [-0.39, 0.29) is 11.5 Å². The molecule has 1 heterocycles. The summed E-state index contributed by atoms with van der Waals surface area (Å²) in [5.74, 6) is 0.687. The molecule has 0 bridgehead atoms. The Labute approximate surface area is 174 Å². The van der Waals surface area contributed by atoms with Crippen LogP contribution in [0.3, 0.4) is 0 Å². The SMILES string of the molecule is CC(C)(C)c1cn(CC(Oc2ccc(Cl)cc2)c2ccc(Cl)cc2Cl)nn1. The van der Waals surface area contributed by atoms with Gasteiger partial charge in [-0.2, -0.15) is 0 Å². The van der Waals surface area contributed by atoms with Gasteiger partial charge in [-0.25, -0.2) is 4.68 Å². The lowest BCUT2D eigenvalue weighted by Crippen LogP contribution is -2.16. The van der Waals surface area contributed by atoms with Crippen molar-refractivity contribution in [1.82, 2.24) is 15.0 Å². The normalized spacial score (nSPS) is 12.8. The molecular formula is C20H20Cl3N3O. The minimum Gasteiger partial charge on any atom is -0.484 e. The fourth-order valence-corrected chi connectivity index (χ4v) is 3.20. The van der Waals surface area contributed by atoms with Gasteiger partial charge in [0.15, 0.2) is 0 Å². The second-order valence-corrected chi connectivity index (χ2v) is 8.58. The number of ether oxygens (including phenoxy) is 1. The molecule has 0 aliphatic rings. The van der Waals surface area contributed by atoms with Crippen molar-refractivity contribution in [2.24, 2.45) is 0 Å². The van der Waals surface area contributed by atoms with Gasteiger partial charge >= 0.3 is 0 Å². The fraction of sp³-hybridized carbons (Fsp3) is 0.300. The van der Waals surface area contributed by atoms with Crippen LogP contribution in [0.4, 0.5) is 0 Å². The average molecular weight is 425 g/mol. The molecule has 0 spiro atoms. The van der Waals surface area contributed by atoms with Crippen LogP contribution in [0, 0.1) is 0 Å². The number of hydrogen-bond acceptors (Lipinski definition) is 3. The first-order valence-electron chi connectivity index (χ1n) is 8.50. The molecule has 0 saturated heterocycles. The summed E-state index contributed by atoms with van der Waals surface area (Å²) in [7, 11) is 0. The van der Waals surface area contributed by atoms with Gasteiger partial charge < -0.3 is 4.74 Å². The molecule has 0 radical (unpaired) electrons. The van der Waals surface area contributed by atoms with Crippen molar-refractivity contribution >= 4 is 34.8 Å². The van der Waals surface area contributed by atoms with Crippen molar-refractivity contribution in [3.63, 3.8) is 0 Å². The summed E-state index contributed by atoms with van der Waals surface area (Å²) < 4.78 is 7.97. The summed E-state index contributed by atoms with van der Waals surface area (Å²) in [5.41, 5.74) is 1.65. The van der Waals surface area contributed by atoms with E-state index in [1.807, 2.05) is 24.4 Å². The molecule has 3 aromatic rings. The molecule has 142 valence electrons. The van der Waals surface area contributed by atoms with Gasteiger partial charge in [0, 0.05) is 32.2 Å². The molecule has 2 aromatic carbocycles. The molecule has 1 aromatic heterocycles. The lowest BCUT2D eigenvalue weighted by atomic mass is 9.93. The van der Waals surface area contributed by atoms with E-state index >= 15 is 0 Å². The molecule has 0 aliphatic carbocycles. The molecule has 3 rings (SSSR count). The highest BCUT2D eigenvalue weighted by molar-refractivity contribution is 6.35. The second kappa shape index (κ2) is 8.09. The summed E-state index contributed by atoms with van der Waals surface area (Å²) >= 11 is 18.4. The third-order valence-corrected chi connectivity index (χ3v) is 4.88. The third-order valence-electron chi connectivity index (χ3n) is 4.06. The smallest absolute Gasteiger partial charge is 0.145 e. The average Bonchev–Trinajstić information content (AvgIpc) is 3.05. The maximum atomic E-state index is 6.43. The van der Waals surface area contributed by atoms with E-state index < -0.39 is 0 Å². The number of rotatable bonds is 5. The van der Waals surface area contributed by atoms with Crippen molar-refractivity contribution in [2.45, 2.75) is 38.8 Å². The van der Waals surface area contributed by atoms with Crippen LogP contribution in [0.15, 0.2) is 48.7 Å². The summed E-state index contributed by atoms with van der Waals surface area (Å²) in [6.07, 6.45) is 1.56. The highest BCUT2D eigenvalue weighted by Crippen LogP contribution is 2.31. The molecule has 1 unspecified atom stereocenters. The highest BCUT2D eigenvalue weighted by atomic mass is 35.5. The van der Waals surface area contributed by atoms with Gasteiger partial charge in [-0.1, -0.05) is 66.9 Å². The van der Waals surface area contributed by atoms with Crippen molar-refractivity contribution in [3.05, 3.63) is 75.0 Å². The van der Waals surface area contributed by atoms with E-state index in [9.17, 15) is 0 Å². The van der Waals surface area contributed by atoms with Crippen LogP contribution < -0.4 is 4.74 Å². The standard InChI is InChI=1S/C20H20Cl3N3O/c1-20(2,3)19-12-26(25-24-19)11-18(16-9-6-14(22)10-17(16)23)27-15-7-4-13(21)5-8-15/h4-10,12,18H,11H2,1-3H3. The Morgan fingerprint density at radius 3 is 2.26 bits per heavy atom. The topological polar surface area (TPSA) is 39.9 Å². The van der Waals surface area contributed by atoms with Crippen molar-refractivity contribution < 1.29 is 4.74 Å². The summed E-state index contributed by atoms with van der Waals surface area (Å²) in [6, 6.07) is 12.6. The monoisotopic (exact) mass is 423 g/mol. The first-order chi connectivity index (χ1) is 12.7. The molecule has 7 heteroatoms. The van der Waals surface area contributed by atoms with Crippen LogP contribution in [0.25, 0.3) is 0 Å². The summed E-state index contributed by atoms with van der Waals surface area (Å²) in [6.45, 7) is 6.74. The summed E-state index contributed by atoms with van der Waals surface area (Å²) in [4.78, 5) is 0. The van der Waals surface area contributed by atoms with E-state index in [2.05, 4.69) is 31.1 Å². The van der Waals surface area contributed by atoms with Crippen LogP contribution in [-0.4, -0.2) is 15.0 Å². The number of aromatic nitrogens is 3. The van der Waals surface area contributed by atoms with Crippen LogP contribution >= 0.6 is 34.8 Å². The molecule has 0 N–H and O–H groups in total. The molecule has 4 nitrogen and oxygen atoms in total. The Morgan fingerprint density at radius 1 is 1.00 bits per heavy atom. The molecule has 0 fully saturated rings. The van der Waals surface area contributed by atoms with Gasteiger partial charge in [0.2, 0.25) is 0 Å². The van der Waals surface area contributed by atoms with Crippen LogP contribution in [0.5, 0.6) is 5.75 Å². The Hall–Kier alpha value is -1.75. The lowest BCUT2D eigenvalue weighted by Gasteiger charge is -2.21. The van der Waals surface area contributed by atoms with Crippen molar-refractivity contribution in [2.75, 3.05) is 0 Å². The molecule has 0 saturated carbocycles. The lowest BCUT2D eigenvalue weighted by molar-refractivity contribution is 0.177. The molecule has 0 aliphatic heterocycles. The zero-order valence-corrected chi connectivity index (χ0v) is 17.6. The zero-order valence-electron chi connectivity index (χ0n) is 15.3.